The molecule has 1 radical (unpaired) electrons. The van der Waals surface area contributed by atoms with Crippen LogP contribution in [0.5, 0.6) is 0 Å². The van der Waals surface area contributed by atoms with E-state index in [0.717, 1.165) is 11.8 Å². The fourth-order valence-electron chi connectivity index (χ4n) is 3.41. The summed E-state index contributed by atoms with van der Waals surface area (Å²) in [6, 6.07) is 5.47. The lowest BCUT2D eigenvalue weighted by atomic mass is 10.0. The molecule has 2 saturated heterocycles. The maximum Gasteiger partial charge on any atom is 0.224 e. The van der Waals surface area contributed by atoms with Gasteiger partial charge in [0.1, 0.15) is 36.8 Å². The van der Waals surface area contributed by atoms with Crippen molar-refractivity contribution in [3.63, 3.8) is 0 Å². The lowest BCUT2D eigenvalue weighted by Gasteiger charge is -2.17. The maximum absolute atomic E-state index is 11.1. The second kappa shape index (κ2) is 7.22. The van der Waals surface area contributed by atoms with Gasteiger partial charge in [-0.25, -0.2) is 15.1 Å². The topological polar surface area (TPSA) is 117 Å². The van der Waals surface area contributed by atoms with Crippen molar-refractivity contribution in [2.45, 2.75) is 36.9 Å². The van der Waals surface area contributed by atoms with Crippen LogP contribution in [0.25, 0.3) is 10.9 Å². The highest BCUT2D eigenvalue weighted by molar-refractivity contribution is 6.28. The molecule has 0 aliphatic carbocycles. The standard InChI is InChI=1S/C17H19ClN3O5/c18-17-20-11-5-8(15-14(24)13(23)12(6-22)26-15)1-2-10(11)16(21-17)19-9-3-4-25-7-9/h1-2,5,9,12-15,23-24H,3-4,6-7H2,(H,19,20,21)/t9-,12+,13+,14+,15-/m0/s1. The highest BCUT2D eigenvalue weighted by Crippen LogP contribution is 2.35. The van der Waals surface area contributed by atoms with Crippen molar-refractivity contribution in [1.29, 1.82) is 0 Å². The molecule has 1 aromatic carbocycles. The monoisotopic (exact) mass is 380 g/mol. The Morgan fingerprint density at radius 2 is 2.12 bits per heavy atom. The van der Waals surface area contributed by atoms with Crippen molar-refractivity contribution in [2.24, 2.45) is 0 Å². The SMILES string of the molecule is [O]C[C@H]1O[C@@H](c2ccc3c(N[C@H]4CCOC4)nc(Cl)nc3c2)[C@H](O)[C@@H]1O. The minimum absolute atomic E-state index is 0.0985. The molecule has 0 saturated carbocycles. The first-order valence-corrected chi connectivity index (χ1v) is 8.86. The molecule has 4 rings (SSSR count). The van der Waals surface area contributed by atoms with Crippen LogP contribution in [-0.2, 0) is 14.6 Å². The Labute approximate surface area is 154 Å². The van der Waals surface area contributed by atoms with Crippen LogP contribution < -0.4 is 5.32 Å². The van der Waals surface area contributed by atoms with E-state index in [9.17, 15) is 15.3 Å². The number of aliphatic hydroxyl groups is 2. The van der Waals surface area contributed by atoms with E-state index in [1.165, 1.54) is 0 Å². The number of hydrogen-bond acceptors (Lipinski definition) is 7. The van der Waals surface area contributed by atoms with E-state index in [1.807, 2.05) is 6.07 Å². The summed E-state index contributed by atoms with van der Waals surface area (Å²) in [6.07, 6.45) is -3.21. The van der Waals surface area contributed by atoms with Gasteiger partial charge in [-0.05, 0) is 35.7 Å². The summed E-state index contributed by atoms with van der Waals surface area (Å²) in [5.74, 6) is 0.618. The number of aromatic nitrogens is 2. The number of rotatable bonds is 4. The van der Waals surface area contributed by atoms with Crippen LogP contribution in [-0.4, -0.2) is 64.4 Å². The Kier molecular flexibility index (Phi) is 4.96. The number of fused-ring (bicyclic) bond motifs is 1. The lowest BCUT2D eigenvalue weighted by molar-refractivity contribution is -0.0398. The minimum Gasteiger partial charge on any atom is -0.387 e. The molecule has 3 heterocycles. The molecule has 0 bridgehead atoms. The first kappa shape index (κ1) is 17.8. The molecule has 2 aromatic rings. The normalized spacial score (nSPS) is 31.6. The van der Waals surface area contributed by atoms with Crippen molar-refractivity contribution in [2.75, 3.05) is 25.1 Å². The zero-order chi connectivity index (χ0) is 18.3. The Morgan fingerprint density at radius 1 is 1.27 bits per heavy atom. The van der Waals surface area contributed by atoms with Gasteiger partial charge in [-0.15, -0.1) is 0 Å². The zero-order valence-corrected chi connectivity index (χ0v) is 14.6. The summed E-state index contributed by atoms with van der Waals surface area (Å²) in [7, 11) is 0. The molecule has 0 unspecified atom stereocenters. The number of hydrogen-bond donors (Lipinski definition) is 3. The zero-order valence-electron chi connectivity index (χ0n) is 13.8. The second-order valence-corrected chi connectivity index (χ2v) is 6.90. The summed E-state index contributed by atoms with van der Waals surface area (Å²) in [5.41, 5.74) is 1.20. The van der Waals surface area contributed by atoms with Gasteiger partial charge >= 0.3 is 0 Å². The van der Waals surface area contributed by atoms with Crippen LogP contribution in [0.3, 0.4) is 0 Å². The van der Waals surface area contributed by atoms with Gasteiger partial charge in [-0.3, -0.25) is 0 Å². The van der Waals surface area contributed by atoms with Crippen molar-refractivity contribution < 1.29 is 24.8 Å². The number of nitrogens with zero attached hydrogens (tertiary/aromatic N) is 2. The predicted octanol–water partition coefficient (Wildman–Crippen LogP) is 1.08. The molecular weight excluding hydrogens is 362 g/mol. The molecular formula is C17H19ClN3O5. The number of ether oxygens (including phenoxy) is 2. The molecule has 26 heavy (non-hydrogen) atoms. The summed E-state index contributed by atoms with van der Waals surface area (Å²) in [5, 5.41) is 35.4. The first-order chi connectivity index (χ1) is 12.6. The van der Waals surface area contributed by atoms with Gasteiger partial charge in [-0.2, -0.15) is 0 Å². The third-order valence-corrected chi connectivity index (χ3v) is 4.99. The van der Waals surface area contributed by atoms with Gasteiger partial charge in [-0.1, -0.05) is 6.07 Å². The molecule has 1 aromatic heterocycles. The molecule has 5 atom stereocenters. The molecule has 2 fully saturated rings. The second-order valence-electron chi connectivity index (χ2n) is 6.57. The molecule has 0 spiro atoms. The van der Waals surface area contributed by atoms with E-state index in [1.54, 1.807) is 12.1 Å². The van der Waals surface area contributed by atoms with E-state index in [0.29, 0.717) is 30.1 Å². The summed E-state index contributed by atoms with van der Waals surface area (Å²) < 4.78 is 10.9. The van der Waals surface area contributed by atoms with Crippen LogP contribution in [0.2, 0.25) is 5.28 Å². The lowest BCUT2D eigenvalue weighted by Crippen LogP contribution is -2.32. The van der Waals surface area contributed by atoms with Gasteiger partial charge in [0.05, 0.1) is 18.2 Å². The van der Waals surface area contributed by atoms with Crippen LogP contribution >= 0.6 is 11.6 Å². The Morgan fingerprint density at radius 3 is 2.81 bits per heavy atom. The molecule has 2 aliphatic heterocycles. The average molecular weight is 381 g/mol. The number of halogens is 1. The molecule has 2 aliphatic rings. The van der Waals surface area contributed by atoms with Gasteiger partial charge in [0.15, 0.2) is 0 Å². The van der Waals surface area contributed by atoms with Gasteiger partial charge < -0.3 is 25.0 Å². The van der Waals surface area contributed by atoms with Gasteiger partial charge in [0.2, 0.25) is 5.28 Å². The highest BCUT2D eigenvalue weighted by Gasteiger charge is 2.43. The fourth-order valence-corrected chi connectivity index (χ4v) is 3.58. The minimum atomic E-state index is -1.21. The van der Waals surface area contributed by atoms with Crippen LogP contribution in [0, 0.1) is 0 Å². The highest BCUT2D eigenvalue weighted by atomic mass is 35.5. The van der Waals surface area contributed by atoms with E-state index in [-0.39, 0.29) is 11.3 Å². The molecule has 3 N–H and O–H groups in total. The van der Waals surface area contributed by atoms with Gasteiger partial charge in [0, 0.05) is 12.0 Å². The smallest absolute Gasteiger partial charge is 0.224 e. The average Bonchev–Trinajstić information content (AvgIpc) is 3.23. The van der Waals surface area contributed by atoms with Crippen LogP contribution in [0.1, 0.15) is 18.1 Å². The molecule has 8 nitrogen and oxygen atoms in total. The van der Waals surface area contributed by atoms with E-state index in [4.69, 9.17) is 21.1 Å². The maximum atomic E-state index is 11.1. The molecule has 139 valence electrons. The van der Waals surface area contributed by atoms with E-state index in [2.05, 4.69) is 15.3 Å². The molecule has 9 heteroatoms. The van der Waals surface area contributed by atoms with Crippen molar-refractivity contribution in [3.8, 4) is 0 Å². The third kappa shape index (κ3) is 3.24. The van der Waals surface area contributed by atoms with Crippen LogP contribution in [0.15, 0.2) is 18.2 Å². The van der Waals surface area contributed by atoms with E-state index < -0.39 is 31.0 Å². The number of nitrogens with one attached hydrogen (secondary N) is 1. The predicted molar refractivity (Wildman–Crippen MR) is 92.6 cm³/mol. The Hall–Kier alpha value is -1.55. The summed E-state index contributed by atoms with van der Waals surface area (Å²) in [4.78, 5) is 8.52. The number of aliphatic hydroxyl groups excluding tert-OH is 2. The molecule has 0 amide bonds. The fraction of sp³-hybridized carbons (Fsp3) is 0.529. The van der Waals surface area contributed by atoms with Crippen molar-refractivity contribution in [1.82, 2.24) is 9.97 Å². The van der Waals surface area contributed by atoms with E-state index >= 15 is 0 Å². The Bertz CT molecular complexity index is 801. The number of benzene rings is 1. The third-order valence-electron chi connectivity index (χ3n) is 4.82. The van der Waals surface area contributed by atoms with Crippen molar-refractivity contribution in [3.05, 3.63) is 29.0 Å². The quantitative estimate of drug-likeness (QED) is 0.679. The summed E-state index contributed by atoms with van der Waals surface area (Å²) in [6.45, 7) is 0.699. The number of anilines is 1. The van der Waals surface area contributed by atoms with Gasteiger partial charge in [0.25, 0.3) is 0 Å². The van der Waals surface area contributed by atoms with Crippen LogP contribution in [0.4, 0.5) is 5.82 Å². The first-order valence-electron chi connectivity index (χ1n) is 8.48. The Balaban J connectivity index is 1.67. The van der Waals surface area contributed by atoms with Crippen molar-refractivity contribution >= 4 is 28.3 Å². The largest absolute Gasteiger partial charge is 0.387 e. The summed E-state index contributed by atoms with van der Waals surface area (Å²) >= 11 is 6.06.